The molecule has 1 aromatic carbocycles. The van der Waals surface area contributed by atoms with E-state index in [0.29, 0.717) is 10.1 Å². The Labute approximate surface area is 116 Å². The maximum absolute atomic E-state index is 12.4. The molecule has 1 unspecified atom stereocenters. The minimum absolute atomic E-state index is 0.0144. The lowest BCUT2D eigenvalue weighted by Crippen LogP contribution is -2.28. The van der Waals surface area contributed by atoms with Crippen molar-refractivity contribution in [1.82, 2.24) is 0 Å². The molecular formula is C13H11F3O3S. The summed E-state index contributed by atoms with van der Waals surface area (Å²) in [6.45, 7) is 0.515. The van der Waals surface area contributed by atoms with Gasteiger partial charge in [-0.3, -0.25) is 0 Å². The van der Waals surface area contributed by atoms with Crippen LogP contribution in [0.2, 0.25) is 0 Å². The molecule has 1 N–H and O–H groups in total. The molecule has 7 heteroatoms. The molecule has 0 saturated carbocycles. The Kier molecular flexibility index (Phi) is 4.01. The second kappa shape index (κ2) is 5.41. The second-order valence-electron chi connectivity index (χ2n) is 4.21. The molecule has 2 aromatic rings. The van der Waals surface area contributed by atoms with E-state index in [4.69, 9.17) is 9.84 Å². The third-order valence-electron chi connectivity index (χ3n) is 2.83. The highest BCUT2D eigenvalue weighted by molar-refractivity contribution is 7.21. The number of thiophene rings is 1. The van der Waals surface area contributed by atoms with Gasteiger partial charge in [-0.25, -0.2) is 4.79 Å². The number of carboxylic acid groups (broad SMARTS) is 1. The SMILES string of the molecule is CC(OCc1c(C(=O)O)sc2ccccc12)C(F)(F)F. The topological polar surface area (TPSA) is 46.5 Å². The number of halogens is 3. The van der Waals surface area contributed by atoms with Crippen molar-refractivity contribution in [3.8, 4) is 0 Å². The summed E-state index contributed by atoms with van der Waals surface area (Å²) in [6, 6.07) is 6.85. The van der Waals surface area contributed by atoms with Crippen LogP contribution in [0, 0.1) is 0 Å². The standard InChI is InChI=1S/C13H11F3O3S/c1-7(13(14,15)16)19-6-9-8-4-2-3-5-10(8)20-11(9)12(17)18/h2-5,7H,6H2,1H3,(H,17,18). The number of aromatic carboxylic acids is 1. The number of rotatable bonds is 4. The number of benzene rings is 1. The van der Waals surface area contributed by atoms with Crippen molar-refractivity contribution in [3.05, 3.63) is 34.7 Å². The number of carboxylic acids is 1. The highest BCUT2D eigenvalue weighted by Crippen LogP contribution is 2.33. The van der Waals surface area contributed by atoms with Crippen LogP contribution in [0.4, 0.5) is 13.2 Å². The zero-order valence-corrected chi connectivity index (χ0v) is 11.2. The molecule has 20 heavy (non-hydrogen) atoms. The van der Waals surface area contributed by atoms with Gasteiger partial charge in [0, 0.05) is 10.3 Å². The molecule has 0 amide bonds. The predicted octanol–water partition coefficient (Wildman–Crippen LogP) is 4.07. The highest BCUT2D eigenvalue weighted by Gasteiger charge is 2.37. The van der Waals surface area contributed by atoms with Crippen LogP contribution in [0.5, 0.6) is 0 Å². The summed E-state index contributed by atoms with van der Waals surface area (Å²) in [4.78, 5) is 11.2. The third-order valence-corrected chi connectivity index (χ3v) is 4.03. The molecule has 0 bridgehead atoms. The molecule has 2 rings (SSSR count). The number of hydrogen-bond acceptors (Lipinski definition) is 3. The van der Waals surface area contributed by atoms with Crippen LogP contribution in [0.15, 0.2) is 24.3 Å². The Morgan fingerprint density at radius 1 is 1.40 bits per heavy atom. The van der Waals surface area contributed by atoms with Crippen molar-refractivity contribution in [2.24, 2.45) is 0 Å². The van der Waals surface area contributed by atoms with Gasteiger partial charge >= 0.3 is 12.1 Å². The summed E-state index contributed by atoms with van der Waals surface area (Å²) in [5.74, 6) is -1.16. The zero-order valence-electron chi connectivity index (χ0n) is 10.4. The first-order valence-corrected chi connectivity index (χ1v) is 6.54. The first kappa shape index (κ1) is 14.8. The lowest BCUT2D eigenvalue weighted by Gasteiger charge is -2.16. The van der Waals surface area contributed by atoms with Crippen molar-refractivity contribution >= 4 is 27.4 Å². The Morgan fingerprint density at radius 2 is 2.05 bits per heavy atom. The van der Waals surface area contributed by atoms with Gasteiger partial charge in [-0.2, -0.15) is 13.2 Å². The van der Waals surface area contributed by atoms with Crippen LogP contribution in [-0.4, -0.2) is 23.4 Å². The Balaban J connectivity index is 2.33. The maximum Gasteiger partial charge on any atom is 0.414 e. The molecule has 0 aliphatic rings. The number of carbonyl (C=O) groups is 1. The van der Waals surface area contributed by atoms with E-state index in [-0.39, 0.29) is 17.0 Å². The van der Waals surface area contributed by atoms with Crippen molar-refractivity contribution < 1.29 is 27.8 Å². The number of fused-ring (bicyclic) bond motifs is 1. The minimum Gasteiger partial charge on any atom is -0.477 e. The molecule has 0 spiro atoms. The second-order valence-corrected chi connectivity index (χ2v) is 5.26. The largest absolute Gasteiger partial charge is 0.477 e. The van der Waals surface area contributed by atoms with Crippen LogP contribution >= 0.6 is 11.3 Å². The summed E-state index contributed by atoms with van der Waals surface area (Å²) in [5.41, 5.74) is 0.286. The molecule has 1 heterocycles. The fourth-order valence-corrected chi connectivity index (χ4v) is 2.76. The van der Waals surface area contributed by atoms with Crippen LogP contribution in [0.3, 0.4) is 0 Å². The van der Waals surface area contributed by atoms with Crippen molar-refractivity contribution in [3.63, 3.8) is 0 Å². The smallest absolute Gasteiger partial charge is 0.414 e. The Bertz CT molecular complexity index is 633. The van der Waals surface area contributed by atoms with Gasteiger partial charge in [-0.05, 0) is 18.4 Å². The van der Waals surface area contributed by atoms with Gasteiger partial charge < -0.3 is 9.84 Å². The fraction of sp³-hybridized carbons (Fsp3) is 0.308. The maximum atomic E-state index is 12.4. The van der Waals surface area contributed by atoms with Gasteiger partial charge in [-0.1, -0.05) is 18.2 Å². The molecule has 1 atom stereocenters. The Hall–Kier alpha value is -1.60. The van der Waals surface area contributed by atoms with Crippen LogP contribution in [-0.2, 0) is 11.3 Å². The molecule has 0 aliphatic carbocycles. The van der Waals surface area contributed by atoms with Crippen LogP contribution < -0.4 is 0 Å². The first-order valence-electron chi connectivity index (χ1n) is 5.72. The van der Waals surface area contributed by atoms with E-state index in [1.54, 1.807) is 24.3 Å². The van der Waals surface area contributed by atoms with Crippen LogP contribution in [0.25, 0.3) is 10.1 Å². The van der Waals surface area contributed by atoms with Gasteiger partial charge in [0.25, 0.3) is 0 Å². The average molecular weight is 304 g/mol. The molecule has 0 radical (unpaired) electrons. The van der Waals surface area contributed by atoms with Crippen molar-refractivity contribution in [2.45, 2.75) is 25.8 Å². The van der Waals surface area contributed by atoms with E-state index in [1.165, 1.54) is 0 Å². The zero-order chi connectivity index (χ0) is 14.9. The number of alkyl halides is 3. The summed E-state index contributed by atoms with van der Waals surface area (Å²) in [6.07, 6.45) is -6.40. The van der Waals surface area contributed by atoms with E-state index < -0.39 is 18.2 Å². The lowest BCUT2D eigenvalue weighted by molar-refractivity contribution is -0.217. The van der Waals surface area contributed by atoms with Gasteiger partial charge in [0.15, 0.2) is 6.10 Å². The average Bonchev–Trinajstić information content (AvgIpc) is 2.73. The molecule has 1 aromatic heterocycles. The lowest BCUT2D eigenvalue weighted by atomic mass is 10.1. The van der Waals surface area contributed by atoms with Gasteiger partial charge in [0.2, 0.25) is 0 Å². The van der Waals surface area contributed by atoms with Crippen molar-refractivity contribution in [1.29, 1.82) is 0 Å². The number of hydrogen-bond donors (Lipinski definition) is 1. The first-order chi connectivity index (χ1) is 9.30. The summed E-state index contributed by atoms with van der Waals surface area (Å²) < 4.78 is 42.7. The summed E-state index contributed by atoms with van der Waals surface area (Å²) in [7, 11) is 0. The van der Waals surface area contributed by atoms with Gasteiger partial charge in [0.05, 0.1) is 6.61 Å². The minimum atomic E-state index is -4.46. The third kappa shape index (κ3) is 2.94. The van der Waals surface area contributed by atoms with Gasteiger partial charge in [-0.15, -0.1) is 11.3 Å². The molecule has 0 fully saturated rings. The molecular weight excluding hydrogens is 293 g/mol. The van der Waals surface area contributed by atoms with E-state index in [9.17, 15) is 18.0 Å². The molecule has 0 aliphatic heterocycles. The monoisotopic (exact) mass is 304 g/mol. The summed E-state index contributed by atoms with van der Waals surface area (Å²) in [5, 5.41) is 9.74. The Morgan fingerprint density at radius 3 is 2.65 bits per heavy atom. The van der Waals surface area contributed by atoms with Gasteiger partial charge in [0.1, 0.15) is 4.88 Å². The van der Waals surface area contributed by atoms with Crippen molar-refractivity contribution in [2.75, 3.05) is 0 Å². The van der Waals surface area contributed by atoms with E-state index in [1.807, 2.05) is 0 Å². The predicted molar refractivity (Wildman–Crippen MR) is 69.1 cm³/mol. The number of ether oxygens (including phenoxy) is 1. The van der Waals surface area contributed by atoms with E-state index >= 15 is 0 Å². The summed E-state index contributed by atoms with van der Waals surface area (Å²) >= 11 is 1.03. The quantitative estimate of drug-likeness (QED) is 0.926. The molecule has 3 nitrogen and oxygen atoms in total. The fourth-order valence-electron chi connectivity index (χ4n) is 1.72. The molecule has 0 saturated heterocycles. The van der Waals surface area contributed by atoms with Crippen LogP contribution in [0.1, 0.15) is 22.2 Å². The molecule has 108 valence electrons. The highest BCUT2D eigenvalue weighted by atomic mass is 32.1. The normalized spacial score (nSPS) is 13.6. The van der Waals surface area contributed by atoms with E-state index in [2.05, 4.69) is 0 Å². The van der Waals surface area contributed by atoms with E-state index in [0.717, 1.165) is 18.3 Å².